The lowest BCUT2D eigenvalue weighted by Crippen LogP contribution is -2.42. The Balaban J connectivity index is 1.56. The van der Waals surface area contributed by atoms with Crippen molar-refractivity contribution >= 4 is 17.2 Å². The number of amides is 1. The minimum Gasteiger partial charge on any atom is -0.391 e. The van der Waals surface area contributed by atoms with E-state index in [2.05, 4.69) is 17.5 Å². The fourth-order valence-electron chi connectivity index (χ4n) is 2.55. The number of piperidine rings is 1. The molecule has 1 aliphatic rings. The summed E-state index contributed by atoms with van der Waals surface area (Å²) in [5.41, 5.74) is 0. The lowest BCUT2D eigenvalue weighted by molar-refractivity contribution is -0.134. The van der Waals surface area contributed by atoms with Crippen LogP contribution in [0.5, 0.6) is 0 Å². The van der Waals surface area contributed by atoms with Crippen molar-refractivity contribution in [3.63, 3.8) is 0 Å². The molecule has 1 aromatic heterocycles. The first-order valence-electron chi connectivity index (χ1n) is 7.24. The van der Waals surface area contributed by atoms with Gasteiger partial charge >= 0.3 is 0 Å². The molecular formula is C15H23NO2S. The van der Waals surface area contributed by atoms with Crippen molar-refractivity contribution in [3.05, 3.63) is 22.4 Å². The SMILES string of the molecule is O=C(CCCCCc1cccs1)N1CCCC(O)C1. The molecule has 19 heavy (non-hydrogen) atoms. The van der Waals surface area contributed by atoms with E-state index in [1.807, 2.05) is 16.2 Å². The largest absolute Gasteiger partial charge is 0.391 e. The number of likely N-dealkylation sites (tertiary alicyclic amines) is 1. The Hall–Kier alpha value is -0.870. The molecule has 0 radical (unpaired) electrons. The van der Waals surface area contributed by atoms with Gasteiger partial charge < -0.3 is 10.0 Å². The first-order chi connectivity index (χ1) is 9.25. The Morgan fingerprint density at radius 3 is 3.05 bits per heavy atom. The van der Waals surface area contributed by atoms with E-state index in [4.69, 9.17) is 0 Å². The molecule has 2 rings (SSSR count). The third kappa shape index (κ3) is 4.96. The Kier molecular flexibility index (Phi) is 5.86. The van der Waals surface area contributed by atoms with Crippen molar-refractivity contribution in [2.45, 2.75) is 51.0 Å². The molecule has 1 atom stereocenters. The molecule has 0 bridgehead atoms. The summed E-state index contributed by atoms with van der Waals surface area (Å²) >= 11 is 1.81. The Bertz CT molecular complexity index is 378. The summed E-state index contributed by atoms with van der Waals surface area (Å²) in [6.07, 6.45) is 6.48. The number of aliphatic hydroxyl groups excluding tert-OH is 1. The second-order valence-electron chi connectivity index (χ2n) is 5.28. The normalized spacial score (nSPS) is 19.6. The molecule has 1 unspecified atom stereocenters. The zero-order valence-corrected chi connectivity index (χ0v) is 12.2. The van der Waals surface area contributed by atoms with E-state index in [1.54, 1.807) is 0 Å². The van der Waals surface area contributed by atoms with Gasteiger partial charge in [-0.05, 0) is 43.6 Å². The molecule has 0 aromatic carbocycles. The van der Waals surface area contributed by atoms with Crippen LogP contribution in [-0.4, -0.2) is 35.1 Å². The van der Waals surface area contributed by atoms with Crippen LogP contribution < -0.4 is 0 Å². The second kappa shape index (κ2) is 7.65. The number of thiophene rings is 1. The van der Waals surface area contributed by atoms with E-state index < -0.39 is 0 Å². The van der Waals surface area contributed by atoms with Gasteiger partial charge in [0.1, 0.15) is 0 Å². The van der Waals surface area contributed by atoms with Crippen LogP contribution in [0.3, 0.4) is 0 Å². The van der Waals surface area contributed by atoms with Gasteiger partial charge in [0.2, 0.25) is 5.91 Å². The quantitative estimate of drug-likeness (QED) is 0.815. The zero-order chi connectivity index (χ0) is 13.5. The van der Waals surface area contributed by atoms with Crippen LogP contribution in [0.15, 0.2) is 17.5 Å². The maximum Gasteiger partial charge on any atom is 0.222 e. The molecule has 0 spiro atoms. The van der Waals surface area contributed by atoms with Crippen LogP contribution in [0.2, 0.25) is 0 Å². The van der Waals surface area contributed by atoms with Crippen LogP contribution >= 0.6 is 11.3 Å². The van der Waals surface area contributed by atoms with E-state index in [-0.39, 0.29) is 12.0 Å². The van der Waals surface area contributed by atoms with Crippen LogP contribution in [0.4, 0.5) is 0 Å². The lowest BCUT2D eigenvalue weighted by Gasteiger charge is -2.30. The summed E-state index contributed by atoms with van der Waals surface area (Å²) in [5.74, 6) is 0.217. The predicted octanol–water partition coefficient (Wildman–Crippen LogP) is 2.83. The molecule has 1 saturated heterocycles. The predicted molar refractivity (Wildman–Crippen MR) is 78.3 cm³/mol. The Morgan fingerprint density at radius 1 is 1.42 bits per heavy atom. The van der Waals surface area contributed by atoms with E-state index in [1.165, 1.54) is 4.88 Å². The smallest absolute Gasteiger partial charge is 0.222 e. The van der Waals surface area contributed by atoms with E-state index >= 15 is 0 Å². The van der Waals surface area contributed by atoms with Crippen molar-refractivity contribution in [1.82, 2.24) is 4.90 Å². The third-order valence-corrected chi connectivity index (χ3v) is 4.58. The number of aliphatic hydroxyl groups is 1. The maximum absolute atomic E-state index is 12.0. The zero-order valence-electron chi connectivity index (χ0n) is 11.4. The Morgan fingerprint density at radius 2 is 2.32 bits per heavy atom. The van der Waals surface area contributed by atoms with Crippen molar-refractivity contribution in [2.75, 3.05) is 13.1 Å². The number of rotatable bonds is 6. The van der Waals surface area contributed by atoms with Gasteiger partial charge in [-0.2, -0.15) is 0 Å². The molecule has 0 aliphatic carbocycles. The fourth-order valence-corrected chi connectivity index (χ4v) is 3.30. The highest BCUT2D eigenvalue weighted by Crippen LogP contribution is 2.15. The highest BCUT2D eigenvalue weighted by molar-refractivity contribution is 7.09. The molecule has 1 amide bonds. The number of carbonyl (C=O) groups excluding carboxylic acids is 1. The lowest BCUT2D eigenvalue weighted by atomic mass is 10.1. The Labute approximate surface area is 119 Å². The second-order valence-corrected chi connectivity index (χ2v) is 6.31. The van der Waals surface area contributed by atoms with Gasteiger partial charge in [-0.3, -0.25) is 4.79 Å². The molecule has 106 valence electrons. The van der Waals surface area contributed by atoms with Crippen molar-refractivity contribution in [3.8, 4) is 0 Å². The van der Waals surface area contributed by atoms with Gasteiger partial charge in [-0.15, -0.1) is 11.3 Å². The summed E-state index contributed by atoms with van der Waals surface area (Å²) in [6.45, 7) is 1.36. The van der Waals surface area contributed by atoms with Crippen LogP contribution in [-0.2, 0) is 11.2 Å². The number of aryl methyl sites for hydroxylation is 1. The highest BCUT2D eigenvalue weighted by Gasteiger charge is 2.21. The van der Waals surface area contributed by atoms with E-state index in [9.17, 15) is 9.90 Å². The van der Waals surface area contributed by atoms with Crippen molar-refractivity contribution < 1.29 is 9.90 Å². The van der Waals surface area contributed by atoms with Crippen LogP contribution in [0.1, 0.15) is 43.4 Å². The number of β-amino-alcohol motifs (C(OH)–C–C–N with tert-alkyl or cyclic N) is 1. The van der Waals surface area contributed by atoms with Gasteiger partial charge in [-0.1, -0.05) is 12.5 Å². The monoisotopic (exact) mass is 281 g/mol. The van der Waals surface area contributed by atoms with Crippen LogP contribution in [0.25, 0.3) is 0 Å². The molecule has 1 fully saturated rings. The number of carbonyl (C=O) groups is 1. The summed E-state index contributed by atoms with van der Waals surface area (Å²) in [6, 6.07) is 4.26. The number of hydrogen-bond acceptors (Lipinski definition) is 3. The molecular weight excluding hydrogens is 258 g/mol. The minimum atomic E-state index is -0.309. The van der Waals surface area contributed by atoms with Gasteiger partial charge in [0.25, 0.3) is 0 Å². The summed E-state index contributed by atoms with van der Waals surface area (Å²) in [7, 11) is 0. The fraction of sp³-hybridized carbons (Fsp3) is 0.667. The number of hydrogen-bond donors (Lipinski definition) is 1. The van der Waals surface area contributed by atoms with Gasteiger partial charge in [-0.25, -0.2) is 0 Å². The highest BCUT2D eigenvalue weighted by atomic mass is 32.1. The molecule has 3 nitrogen and oxygen atoms in total. The molecule has 1 aliphatic heterocycles. The summed E-state index contributed by atoms with van der Waals surface area (Å²) in [5, 5.41) is 11.7. The molecule has 1 aromatic rings. The van der Waals surface area contributed by atoms with Gasteiger partial charge in [0.15, 0.2) is 0 Å². The van der Waals surface area contributed by atoms with Crippen molar-refractivity contribution in [2.24, 2.45) is 0 Å². The molecule has 2 heterocycles. The molecule has 1 N–H and O–H groups in total. The molecule has 4 heteroatoms. The standard InChI is InChI=1S/C15H23NO2S/c17-13-6-4-10-16(12-13)15(18)9-3-1-2-7-14-8-5-11-19-14/h5,8,11,13,17H,1-4,6-7,9-10,12H2. The number of unbranched alkanes of at least 4 members (excludes halogenated alkanes) is 2. The first-order valence-corrected chi connectivity index (χ1v) is 8.12. The average Bonchev–Trinajstić information content (AvgIpc) is 2.91. The average molecular weight is 281 g/mol. The van der Waals surface area contributed by atoms with Gasteiger partial charge in [0, 0.05) is 24.4 Å². The maximum atomic E-state index is 12.0. The summed E-state index contributed by atoms with van der Waals surface area (Å²) in [4.78, 5) is 15.2. The third-order valence-electron chi connectivity index (χ3n) is 3.64. The van der Waals surface area contributed by atoms with E-state index in [0.717, 1.165) is 45.1 Å². The number of nitrogens with zero attached hydrogens (tertiary/aromatic N) is 1. The molecule has 0 saturated carbocycles. The topological polar surface area (TPSA) is 40.5 Å². The van der Waals surface area contributed by atoms with Gasteiger partial charge in [0.05, 0.1) is 6.10 Å². The van der Waals surface area contributed by atoms with Crippen LogP contribution in [0, 0.1) is 0 Å². The first kappa shape index (κ1) is 14.5. The van der Waals surface area contributed by atoms with Crippen molar-refractivity contribution in [1.29, 1.82) is 0 Å². The minimum absolute atomic E-state index is 0.217. The van der Waals surface area contributed by atoms with E-state index in [0.29, 0.717) is 13.0 Å². The summed E-state index contributed by atoms with van der Waals surface area (Å²) < 4.78 is 0.